The molecule has 6 heteroatoms. The Morgan fingerprint density at radius 2 is 2.05 bits per heavy atom. The molecule has 0 aromatic rings. The van der Waals surface area contributed by atoms with E-state index in [0.29, 0.717) is 13.0 Å². The molecule has 1 saturated heterocycles. The molecule has 0 bridgehead atoms. The van der Waals surface area contributed by atoms with E-state index in [2.05, 4.69) is 5.32 Å². The molecule has 0 aliphatic carbocycles. The SMILES string of the molecule is CCC(NC1CCN(C(=O)OC(C)(C)C)C(C)C1)C(=O)O. The van der Waals surface area contributed by atoms with E-state index in [1.807, 2.05) is 34.6 Å². The first kappa shape index (κ1) is 17.8. The molecule has 3 unspecified atom stereocenters. The van der Waals surface area contributed by atoms with Crippen LogP contribution in [0.3, 0.4) is 0 Å². The molecule has 0 aromatic carbocycles. The van der Waals surface area contributed by atoms with Crippen molar-refractivity contribution in [1.29, 1.82) is 0 Å². The van der Waals surface area contributed by atoms with E-state index in [4.69, 9.17) is 9.84 Å². The van der Waals surface area contributed by atoms with Gasteiger partial charge in [-0.25, -0.2) is 4.79 Å². The predicted molar refractivity (Wildman–Crippen MR) is 80.3 cm³/mol. The topological polar surface area (TPSA) is 78.9 Å². The summed E-state index contributed by atoms with van der Waals surface area (Å²) in [7, 11) is 0. The molecule has 1 rings (SSSR count). The van der Waals surface area contributed by atoms with E-state index in [1.54, 1.807) is 4.90 Å². The van der Waals surface area contributed by atoms with Gasteiger partial charge < -0.3 is 20.1 Å². The summed E-state index contributed by atoms with van der Waals surface area (Å²) < 4.78 is 5.40. The van der Waals surface area contributed by atoms with Gasteiger partial charge in [0.25, 0.3) is 0 Å². The van der Waals surface area contributed by atoms with Crippen LogP contribution in [0.15, 0.2) is 0 Å². The monoisotopic (exact) mass is 300 g/mol. The summed E-state index contributed by atoms with van der Waals surface area (Å²) in [4.78, 5) is 24.9. The van der Waals surface area contributed by atoms with Crippen molar-refractivity contribution in [3.05, 3.63) is 0 Å². The number of nitrogens with zero attached hydrogens (tertiary/aromatic N) is 1. The van der Waals surface area contributed by atoms with E-state index in [9.17, 15) is 9.59 Å². The number of carboxylic acids is 1. The second kappa shape index (κ2) is 7.11. The van der Waals surface area contributed by atoms with Crippen LogP contribution in [0.5, 0.6) is 0 Å². The molecular weight excluding hydrogens is 272 g/mol. The highest BCUT2D eigenvalue weighted by Crippen LogP contribution is 2.21. The number of piperidine rings is 1. The van der Waals surface area contributed by atoms with Gasteiger partial charge in [0.2, 0.25) is 0 Å². The van der Waals surface area contributed by atoms with Crippen molar-refractivity contribution in [2.75, 3.05) is 6.54 Å². The Morgan fingerprint density at radius 1 is 1.43 bits per heavy atom. The summed E-state index contributed by atoms with van der Waals surface area (Å²) in [5.41, 5.74) is -0.498. The number of aliphatic carboxylic acids is 1. The molecule has 1 heterocycles. The van der Waals surface area contributed by atoms with Gasteiger partial charge in [-0.15, -0.1) is 0 Å². The first-order chi connectivity index (χ1) is 9.64. The van der Waals surface area contributed by atoms with Gasteiger partial charge in [-0.1, -0.05) is 6.92 Å². The maximum Gasteiger partial charge on any atom is 0.410 e. The molecule has 2 N–H and O–H groups in total. The van der Waals surface area contributed by atoms with Gasteiger partial charge >= 0.3 is 12.1 Å². The molecule has 0 aromatic heterocycles. The average molecular weight is 300 g/mol. The molecule has 0 spiro atoms. The van der Waals surface area contributed by atoms with Crippen molar-refractivity contribution in [2.45, 2.75) is 77.6 Å². The van der Waals surface area contributed by atoms with Gasteiger partial charge in [-0.05, 0) is 47.0 Å². The van der Waals surface area contributed by atoms with Gasteiger partial charge in [0.1, 0.15) is 11.6 Å². The molecule has 0 saturated carbocycles. The van der Waals surface area contributed by atoms with E-state index in [1.165, 1.54) is 0 Å². The Morgan fingerprint density at radius 3 is 2.48 bits per heavy atom. The second-order valence-electron chi connectivity index (χ2n) is 6.71. The van der Waals surface area contributed by atoms with E-state index >= 15 is 0 Å². The Bertz CT molecular complexity index is 378. The molecule has 21 heavy (non-hydrogen) atoms. The Balaban J connectivity index is 2.54. The van der Waals surface area contributed by atoms with Crippen LogP contribution < -0.4 is 5.32 Å². The molecular formula is C15H28N2O4. The minimum atomic E-state index is -0.820. The molecule has 0 radical (unpaired) electrons. The third-order valence-corrected chi connectivity index (χ3v) is 3.65. The fourth-order valence-corrected chi connectivity index (χ4v) is 2.56. The summed E-state index contributed by atoms with van der Waals surface area (Å²) >= 11 is 0. The van der Waals surface area contributed by atoms with Gasteiger partial charge in [0.15, 0.2) is 0 Å². The number of rotatable bonds is 4. The fourth-order valence-electron chi connectivity index (χ4n) is 2.56. The third-order valence-electron chi connectivity index (χ3n) is 3.65. The Kier molecular flexibility index (Phi) is 6.01. The summed E-state index contributed by atoms with van der Waals surface area (Å²) in [6, 6.07) is -0.354. The number of carboxylic acid groups (broad SMARTS) is 1. The van der Waals surface area contributed by atoms with Crippen LogP contribution in [0.25, 0.3) is 0 Å². The summed E-state index contributed by atoms with van der Waals surface area (Å²) in [6.45, 7) is 9.96. The van der Waals surface area contributed by atoms with Crippen LogP contribution in [0.4, 0.5) is 4.79 Å². The maximum absolute atomic E-state index is 12.1. The lowest BCUT2D eigenvalue weighted by Crippen LogP contribution is -2.53. The Hall–Kier alpha value is -1.30. The number of carbonyl (C=O) groups is 2. The second-order valence-corrected chi connectivity index (χ2v) is 6.71. The quantitative estimate of drug-likeness (QED) is 0.832. The molecule has 6 nitrogen and oxygen atoms in total. The minimum Gasteiger partial charge on any atom is -0.480 e. The lowest BCUT2D eigenvalue weighted by molar-refractivity contribution is -0.140. The first-order valence-electron chi connectivity index (χ1n) is 7.62. The highest BCUT2D eigenvalue weighted by Gasteiger charge is 2.33. The number of hydrogen-bond donors (Lipinski definition) is 2. The van der Waals surface area contributed by atoms with Crippen LogP contribution in [-0.4, -0.2) is 52.3 Å². The normalized spacial score (nSPS) is 24.5. The number of carbonyl (C=O) groups excluding carboxylic acids is 1. The molecule has 1 fully saturated rings. The van der Waals surface area contributed by atoms with Crippen molar-refractivity contribution >= 4 is 12.1 Å². The average Bonchev–Trinajstić information content (AvgIpc) is 2.33. The molecule has 122 valence electrons. The molecule has 3 atom stereocenters. The minimum absolute atomic E-state index is 0.0393. The summed E-state index contributed by atoms with van der Waals surface area (Å²) in [6.07, 6.45) is 1.74. The lowest BCUT2D eigenvalue weighted by Gasteiger charge is -2.39. The third kappa shape index (κ3) is 5.53. The summed E-state index contributed by atoms with van der Waals surface area (Å²) in [5.74, 6) is -0.820. The fraction of sp³-hybridized carbons (Fsp3) is 0.867. The van der Waals surface area contributed by atoms with Crippen LogP contribution in [0.1, 0.15) is 53.9 Å². The first-order valence-corrected chi connectivity index (χ1v) is 7.62. The van der Waals surface area contributed by atoms with Crippen LogP contribution in [0, 0.1) is 0 Å². The zero-order valence-electron chi connectivity index (χ0n) is 13.7. The van der Waals surface area contributed by atoms with Crippen molar-refractivity contribution in [3.8, 4) is 0 Å². The lowest BCUT2D eigenvalue weighted by atomic mass is 9.97. The zero-order valence-corrected chi connectivity index (χ0v) is 13.7. The van der Waals surface area contributed by atoms with E-state index in [0.717, 1.165) is 12.8 Å². The smallest absolute Gasteiger partial charge is 0.410 e. The largest absolute Gasteiger partial charge is 0.480 e. The van der Waals surface area contributed by atoms with Crippen LogP contribution >= 0.6 is 0 Å². The van der Waals surface area contributed by atoms with Crippen molar-refractivity contribution < 1.29 is 19.4 Å². The highest BCUT2D eigenvalue weighted by molar-refractivity contribution is 5.73. The van der Waals surface area contributed by atoms with Gasteiger partial charge in [-0.3, -0.25) is 4.79 Å². The van der Waals surface area contributed by atoms with Gasteiger partial charge in [0.05, 0.1) is 0 Å². The van der Waals surface area contributed by atoms with Crippen molar-refractivity contribution in [3.63, 3.8) is 0 Å². The van der Waals surface area contributed by atoms with Crippen LogP contribution in [-0.2, 0) is 9.53 Å². The van der Waals surface area contributed by atoms with Gasteiger partial charge in [0, 0.05) is 18.6 Å². The standard InChI is InChI=1S/C15H28N2O4/c1-6-12(13(18)19)16-11-7-8-17(10(2)9-11)14(20)21-15(3,4)5/h10-12,16H,6-9H2,1-5H3,(H,18,19). The summed E-state index contributed by atoms with van der Waals surface area (Å²) in [5, 5.41) is 12.3. The highest BCUT2D eigenvalue weighted by atomic mass is 16.6. The van der Waals surface area contributed by atoms with E-state index in [-0.39, 0.29) is 18.2 Å². The predicted octanol–water partition coefficient (Wildman–Crippen LogP) is 2.23. The van der Waals surface area contributed by atoms with Crippen molar-refractivity contribution in [2.24, 2.45) is 0 Å². The van der Waals surface area contributed by atoms with Crippen LogP contribution in [0.2, 0.25) is 0 Å². The number of hydrogen-bond acceptors (Lipinski definition) is 4. The number of nitrogens with one attached hydrogen (secondary N) is 1. The maximum atomic E-state index is 12.1. The number of amides is 1. The molecule has 1 amide bonds. The van der Waals surface area contributed by atoms with E-state index < -0.39 is 17.6 Å². The zero-order chi connectivity index (χ0) is 16.2. The molecule has 1 aliphatic heterocycles. The van der Waals surface area contributed by atoms with Crippen molar-refractivity contribution in [1.82, 2.24) is 10.2 Å². The Labute approximate surface area is 126 Å². The number of ether oxygens (including phenoxy) is 1. The van der Waals surface area contributed by atoms with Gasteiger partial charge in [-0.2, -0.15) is 0 Å². The number of likely N-dealkylation sites (tertiary alicyclic amines) is 1. The molecule has 1 aliphatic rings.